The van der Waals surface area contributed by atoms with E-state index < -0.39 is 0 Å². The van der Waals surface area contributed by atoms with E-state index in [4.69, 9.17) is 24.8 Å². The number of anilines is 1. The van der Waals surface area contributed by atoms with Crippen LogP contribution in [-0.4, -0.2) is 4.32 Å². The second-order valence-electron chi connectivity index (χ2n) is 7.46. The van der Waals surface area contributed by atoms with Crippen LogP contribution in [-0.2, 0) is 40.1 Å². The van der Waals surface area contributed by atoms with Gasteiger partial charge >= 0.3 is 0 Å². The maximum Gasteiger partial charge on any atom is 0.0371 e. The smallest absolute Gasteiger partial charge is 0.0371 e. The average molecular weight is 489 g/mol. The third-order valence-corrected chi connectivity index (χ3v) is 5.22. The Morgan fingerprint density at radius 2 is 1.15 bits per heavy atom. The standard InChI is InChI=1S/C23H39NS2.Mo/c1-2-3-4-5-6-7-8-9-10-11-12-13-14-15-16-21-17-19-22(20-18-21)24-23(25)26;/h17-20H,2-16H2,1H3,(H2,24,25,26);/p-1. The zero-order valence-corrected chi connectivity index (χ0v) is 20.8. The first-order valence-corrected chi connectivity index (χ1v) is 11.6. The largest absolute Gasteiger partial charge is 0.411 e. The van der Waals surface area contributed by atoms with Gasteiger partial charge in [-0.2, -0.15) is 0 Å². The van der Waals surface area contributed by atoms with Crippen LogP contribution in [0.1, 0.15) is 102 Å². The van der Waals surface area contributed by atoms with E-state index in [1.807, 2.05) is 0 Å². The van der Waals surface area contributed by atoms with Crippen molar-refractivity contribution in [2.45, 2.75) is 103 Å². The van der Waals surface area contributed by atoms with Crippen molar-refractivity contribution in [2.75, 3.05) is 5.32 Å². The number of rotatable bonds is 16. The Bertz CT molecular complexity index is 462. The molecule has 0 bridgehead atoms. The van der Waals surface area contributed by atoms with E-state index >= 15 is 0 Å². The Morgan fingerprint density at radius 3 is 1.56 bits per heavy atom. The monoisotopic (exact) mass is 490 g/mol. The van der Waals surface area contributed by atoms with E-state index in [-0.39, 0.29) is 21.1 Å². The molecule has 0 aromatic heterocycles. The molecule has 0 aliphatic heterocycles. The molecule has 1 aromatic rings. The van der Waals surface area contributed by atoms with Crippen LogP contribution in [0.25, 0.3) is 0 Å². The van der Waals surface area contributed by atoms with Gasteiger partial charge in [-0.25, -0.2) is 0 Å². The van der Waals surface area contributed by atoms with Crippen LogP contribution in [0.3, 0.4) is 0 Å². The topological polar surface area (TPSA) is 12.0 Å². The predicted molar refractivity (Wildman–Crippen MR) is 124 cm³/mol. The zero-order valence-electron chi connectivity index (χ0n) is 17.1. The molecule has 0 aliphatic rings. The molecule has 0 spiro atoms. The fourth-order valence-electron chi connectivity index (χ4n) is 3.40. The van der Waals surface area contributed by atoms with Crippen LogP contribution >= 0.6 is 12.2 Å². The van der Waals surface area contributed by atoms with Crippen LogP contribution in [0.15, 0.2) is 24.3 Å². The van der Waals surface area contributed by atoms with Crippen LogP contribution in [0.4, 0.5) is 5.69 Å². The quantitative estimate of drug-likeness (QED) is 0.110. The van der Waals surface area contributed by atoms with Crippen molar-refractivity contribution < 1.29 is 21.1 Å². The summed E-state index contributed by atoms with van der Waals surface area (Å²) in [6.07, 6.45) is 21.0. The minimum atomic E-state index is 0. The first-order chi connectivity index (χ1) is 12.7. The minimum absolute atomic E-state index is 0. The molecule has 1 rings (SSSR count). The van der Waals surface area contributed by atoms with Crippen LogP contribution < -0.4 is 5.32 Å². The third-order valence-electron chi connectivity index (χ3n) is 5.02. The van der Waals surface area contributed by atoms with E-state index in [0.717, 1.165) is 5.69 Å². The van der Waals surface area contributed by atoms with Crippen molar-refractivity contribution in [2.24, 2.45) is 0 Å². The molecule has 0 unspecified atom stereocenters. The van der Waals surface area contributed by atoms with Gasteiger partial charge in [0, 0.05) is 26.8 Å². The second kappa shape index (κ2) is 19.3. The van der Waals surface area contributed by atoms with Gasteiger partial charge in [0.2, 0.25) is 0 Å². The van der Waals surface area contributed by atoms with Gasteiger partial charge in [-0.1, -0.05) is 107 Å². The number of hydrogen-bond acceptors (Lipinski definition) is 2. The number of nitrogens with one attached hydrogen (secondary N) is 1. The van der Waals surface area contributed by atoms with Crippen LogP contribution in [0, 0.1) is 0 Å². The summed E-state index contributed by atoms with van der Waals surface area (Å²) < 4.78 is 0.407. The third kappa shape index (κ3) is 16.7. The number of benzene rings is 1. The number of unbranched alkanes of at least 4 members (excludes halogenated alkanes) is 13. The van der Waals surface area contributed by atoms with Crippen molar-refractivity contribution in [1.29, 1.82) is 0 Å². The van der Waals surface area contributed by atoms with E-state index in [1.165, 1.54) is 102 Å². The fourth-order valence-corrected chi connectivity index (χ4v) is 3.63. The molecule has 0 saturated heterocycles. The van der Waals surface area contributed by atoms with Crippen molar-refractivity contribution >= 4 is 34.9 Å². The van der Waals surface area contributed by atoms with E-state index in [0.29, 0.717) is 4.32 Å². The summed E-state index contributed by atoms with van der Waals surface area (Å²) in [6, 6.07) is 8.49. The maximum atomic E-state index is 4.88. The summed E-state index contributed by atoms with van der Waals surface area (Å²) in [5.74, 6) is 0. The molecule has 0 aliphatic carbocycles. The van der Waals surface area contributed by atoms with Gasteiger partial charge in [0.15, 0.2) is 0 Å². The van der Waals surface area contributed by atoms with E-state index in [2.05, 4.69) is 36.5 Å². The van der Waals surface area contributed by atoms with Gasteiger partial charge in [-0.05, 0) is 30.5 Å². The van der Waals surface area contributed by atoms with Gasteiger partial charge in [-0.3, -0.25) is 0 Å². The Morgan fingerprint density at radius 1 is 0.741 bits per heavy atom. The Balaban J connectivity index is 0.00000676. The molecule has 0 saturated carbocycles. The predicted octanol–water partition coefficient (Wildman–Crippen LogP) is 7.95. The first-order valence-electron chi connectivity index (χ1n) is 10.8. The molecule has 154 valence electrons. The molecule has 1 nitrogen and oxygen atoms in total. The summed E-state index contributed by atoms with van der Waals surface area (Å²) in [7, 11) is 0. The fraction of sp³-hybridized carbons (Fsp3) is 0.696. The molecule has 1 N–H and O–H groups in total. The second-order valence-corrected chi connectivity index (χ2v) is 8.53. The maximum absolute atomic E-state index is 4.88. The molecular weight excluding hydrogens is 450 g/mol. The molecule has 4 heteroatoms. The summed E-state index contributed by atoms with van der Waals surface area (Å²) in [6.45, 7) is 2.29. The molecule has 1 aromatic carbocycles. The summed E-state index contributed by atoms with van der Waals surface area (Å²) >= 11 is 9.77. The Labute approximate surface area is 193 Å². The summed E-state index contributed by atoms with van der Waals surface area (Å²) in [4.78, 5) is 0. The van der Waals surface area contributed by atoms with Crippen LogP contribution in [0.2, 0.25) is 0 Å². The Kier molecular flexibility index (Phi) is 19.4. The molecular formula is C23H38MoNS2-. The van der Waals surface area contributed by atoms with Gasteiger partial charge in [0.05, 0.1) is 0 Å². The van der Waals surface area contributed by atoms with Gasteiger partial charge in [-0.15, -0.1) is 0 Å². The molecule has 0 radical (unpaired) electrons. The summed E-state index contributed by atoms with van der Waals surface area (Å²) in [5, 5.41) is 3.00. The number of aryl methyl sites for hydroxylation is 1. The summed E-state index contributed by atoms with van der Waals surface area (Å²) in [5.41, 5.74) is 2.40. The van der Waals surface area contributed by atoms with E-state index in [9.17, 15) is 0 Å². The van der Waals surface area contributed by atoms with Crippen molar-refractivity contribution in [3.63, 3.8) is 0 Å². The van der Waals surface area contributed by atoms with E-state index in [1.54, 1.807) is 0 Å². The first kappa shape index (κ1) is 27.0. The van der Waals surface area contributed by atoms with Crippen molar-refractivity contribution in [1.82, 2.24) is 0 Å². The molecule has 27 heavy (non-hydrogen) atoms. The van der Waals surface area contributed by atoms with Crippen LogP contribution in [0.5, 0.6) is 0 Å². The zero-order chi connectivity index (χ0) is 18.9. The van der Waals surface area contributed by atoms with Gasteiger partial charge in [0.25, 0.3) is 0 Å². The minimum Gasteiger partial charge on any atom is -0.411 e. The van der Waals surface area contributed by atoms with Gasteiger partial charge < -0.3 is 30.2 Å². The van der Waals surface area contributed by atoms with Crippen molar-refractivity contribution in [3.05, 3.63) is 29.8 Å². The molecule has 0 amide bonds. The normalized spacial score (nSPS) is 10.4. The SMILES string of the molecule is CCCCCCCCCCCCCCCCc1ccc(NC(=S)[S-])cc1.[Mo]. The van der Waals surface area contributed by atoms with Gasteiger partial charge in [0.1, 0.15) is 0 Å². The Hall–Kier alpha value is 0.0183. The average Bonchev–Trinajstić information content (AvgIpc) is 2.63. The van der Waals surface area contributed by atoms with Crippen molar-refractivity contribution in [3.8, 4) is 0 Å². The number of thiocarbonyl (C=S) groups is 1. The number of hydrogen-bond donors (Lipinski definition) is 1. The molecule has 0 fully saturated rings. The molecule has 0 atom stereocenters. The molecule has 0 heterocycles.